The summed E-state index contributed by atoms with van der Waals surface area (Å²) in [6.07, 6.45) is -5.64. The molecule has 0 aromatic heterocycles. The Morgan fingerprint density at radius 1 is 1.06 bits per heavy atom. The van der Waals surface area contributed by atoms with Crippen molar-refractivity contribution in [2.75, 3.05) is 0 Å². The minimum Gasteiger partial charge on any atom is -0.196 e. The van der Waals surface area contributed by atoms with E-state index in [9.17, 15) is 22.0 Å². The largest absolute Gasteiger partial charge is 0.453 e. The number of rotatable bonds is 3. The average Bonchev–Trinajstić information content (AvgIpc) is 2.16. The smallest absolute Gasteiger partial charge is 0.196 e. The fourth-order valence-corrected chi connectivity index (χ4v) is 1.23. The lowest BCUT2D eigenvalue weighted by molar-refractivity contribution is -0.281. The van der Waals surface area contributed by atoms with Crippen LogP contribution in [0.15, 0.2) is 30.8 Å². The summed E-state index contributed by atoms with van der Waals surface area (Å²) in [6, 6.07) is 5.63. The second-order valence-corrected chi connectivity index (χ2v) is 3.28. The number of hydrogen-bond donors (Lipinski definition) is 0. The molecular formula is C11H9F5. The minimum absolute atomic E-state index is 0.0696. The molecule has 0 aliphatic rings. The third-order valence-corrected chi connectivity index (χ3v) is 2.10. The fraction of sp³-hybridized carbons (Fsp3) is 0.273. The first kappa shape index (κ1) is 12.7. The van der Waals surface area contributed by atoms with Crippen molar-refractivity contribution >= 4 is 6.08 Å². The molecule has 0 spiro atoms. The molecular weight excluding hydrogens is 227 g/mol. The van der Waals surface area contributed by atoms with E-state index in [-0.39, 0.29) is 11.1 Å². The molecule has 0 saturated heterocycles. The summed E-state index contributed by atoms with van der Waals surface area (Å²) in [5.74, 6) is -4.72. The van der Waals surface area contributed by atoms with Gasteiger partial charge in [0.05, 0.1) is 0 Å². The lowest BCUT2D eigenvalue weighted by Gasteiger charge is -2.20. The van der Waals surface area contributed by atoms with Crippen LogP contribution in [0.2, 0.25) is 0 Å². The monoisotopic (exact) mass is 236 g/mol. The maximum atomic E-state index is 12.8. The Balaban J connectivity index is 3.01. The number of halogens is 5. The van der Waals surface area contributed by atoms with Crippen molar-refractivity contribution in [1.82, 2.24) is 0 Å². The fourth-order valence-electron chi connectivity index (χ4n) is 1.23. The Kier molecular flexibility index (Phi) is 3.35. The number of alkyl halides is 5. The van der Waals surface area contributed by atoms with Crippen molar-refractivity contribution < 1.29 is 22.0 Å². The molecule has 16 heavy (non-hydrogen) atoms. The lowest BCUT2D eigenvalue weighted by Crippen LogP contribution is -2.38. The van der Waals surface area contributed by atoms with Crippen LogP contribution in [0.1, 0.15) is 11.1 Å². The Hall–Kier alpha value is -1.39. The van der Waals surface area contributed by atoms with Gasteiger partial charge in [-0.05, 0) is 11.1 Å². The molecule has 0 bridgehead atoms. The molecule has 1 rings (SSSR count). The molecule has 0 saturated carbocycles. The van der Waals surface area contributed by atoms with Crippen molar-refractivity contribution in [3.63, 3.8) is 0 Å². The number of benzene rings is 1. The minimum atomic E-state index is -5.53. The molecule has 0 fully saturated rings. The molecule has 0 nitrogen and oxygen atoms in total. The van der Waals surface area contributed by atoms with Crippen LogP contribution in [0.5, 0.6) is 0 Å². The molecule has 1 aromatic rings. The first-order chi connectivity index (χ1) is 7.28. The highest BCUT2D eigenvalue weighted by Gasteiger charge is 2.57. The van der Waals surface area contributed by atoms with Gasteiger partial charge in [-0.15, -0.1) is 0 Å². The summed E-state index contributed by atoms with van der Waals surface area (Å²) in [5.41, 5.74) is 0.214. The molecule has 1 aromatic carbocycles. The quantitative estimate of drug-likeness (QED) is 0.694. The van der Waals surface area contributed by atoms with Crippen LogP contribution in [-0.4, -0.2) is 12.1 Å². The van der Waals surface area contributed by atoms with E-state index < -0.39 is 18.5 Å². The van der Waals surface area contributed by atoms with Crippen LogP contribution in [0.3, 0.4) is 0 Å². The maximum absolute atomic E-state index is 12.8. The molecule has 88 valence electrons. The highest BCUT2D eigenvalue weighted by atomic mass is 19.4. The second-order valence-electron chi connectivity index (χ2n) is 3.28. The Labute approximate surface area is 89.4 Å². The third-order valence-electron chi connectivity index (χ3n) is 2.10. The molecule has 0 aliphatic carbocycles. The van der Waals surface area contributed by atoms with E-state index in [0.29, 0.717) is 0 Å². The van der Waals surface area contributed by atoms with Gasteiger partial charge in [-0.3, -0.25) is 0 Å². The summed E-state index contributed by atoms with van der Waals surface area (Å²) in [6.45, 7) is 3.36. The Morgan fingerprint density at radius 3 is 2.12 bits per heavy atom. The SMILES string of the molecule is C=Cc1ccccc1CC(F)(F)C(F)(F)F. The van der Waals surface area contributed by atoms with Crippen LogP contribution in [0, 0.1) is 0 Å². The molecule has 0 aliphatic heterocycles. The second kappa shape index (κ2) is 4.23. The normalized spacial score (nSPS) is 12.6. The van der Waals surface area contributed by atoms with Gasteiger partial charge in [-0.25, -0.2) is 0 Å². The van der Waals surface area contributed by atoms with E-state index >= 15 is 0 Å². The van der Waals surface area contributed by atoms with Gasteiger partial charge in [-0.2, -0.15) is 22.0 Å². The zero-order valence-corrected chi connectivity index (χ0v) is 8.19. The van der Waals surface area contributed by atoms with E-state index in [1.54, 1.807) is 6.07 Å². The molecule has 0 amide bonds. The standard InChI is InChI=1S/C11H9F5/c1-2-8-5-3-4-6-9(8)7-10(12,13)11(14,15)16/h2-6H,1,7H2. The first-order valence-electron chi connectivity index (χ1n) is 4.43. The maximum Gasteiger partial charge on any atom is 0.453 e. The highest BCUT2D eigenvalue weighted by Crippen LogP contribution is 2.38. The number of hydrogen-bond acceptors (Lipinski definition) is 0. The Morgan fingerprint density at radius 2 is 1.62 bits per heavy atom. The predicted octanol–water partition coefficient (Wildman–Crippen LogP) is 4.07. The lowest BCUT2D eigenvalue weighted by atomic mass is 10.0. The summed E-state index contributed by atoms with van der Waals surface area (Å²) in [5, 5.41) is 0. The molecule has 0 unspecified atom stereocenters. The summed E-state index contributed by atoms with van der Waals surface area (Å²) >= 11 is 0. The van der Waals surface area contributed by atoms with E-state index in [0.717, 1.165) is 0 Å². The van der Waals surface area contributed by atoms with Gasteiger partial charge in [0.2, 0.25) is 0 Å². The van der Waals surface area contributed by atoms with E-state index in [4.69, 9.17) is 0 Å². The zero-order valence-electron chi connectivity index (χ0n) is 8.19. The topological polar surface area (TPSA) is 0 Å². The summed E-state index contributed by atoms with van der Waals surface area (Å²) in [4.78, 5) is 0. The van der Waals surface area contributed by atoms with E-state index in [1.807, 2.05) is 0 Å². The molecule has 0 atom stereocenters. The van der Waals surface area contributed by atoms with Gasteiger partial charge in [-0.1, -0.05) is 36.9 Å². The summed E-state index contributed by atoms with van der Waals surface area (Å²) < 4.78 is 61.5. The highest BCUT2D eigenvalue weighted by molar-refractivity contribution is 5.52. The van der Waals surface area contributed by atoms with Gasteiger partial charge in [0, 0.05) is 6.42 Å². The average molecular weight is 236 g/mol. The van der Waals surface area contributed by atoms with Crippen LogP contribution in [0.4, 0.5) is 22.0 Å². The van der Waals surface area contributed by atoms with Crippen molar-refractivity contribution in [1.29, 1.82) is 0 Å². The van der Waals surface area contributed by atoms with Crippen LogP contribution in [-0.2, 0) is 6.42 Å². The molecule has 0 radical (unpaired) electrons. The predicted molar refractivity (Wildman–Crippen MR) is 51.2 cm³/mol. The molecule has 0 N–H and O–H groups in total. The van der Waals surface area contributed by atoms with Crippen LogP contribution < -0.4 is 0 Å². The van der Waals surface area contributed by atoms with E-state index in [2.05, 4.69) is 6.58 Å². The van der Waals surface area contributed by atoms with Gasteiger partial charge < -0.3 is 0 Å². The Bertz CT molecular complexity index is 378. The van der Waals surface area contributed by atoms with Crippen molar-refractivity contribution in [2.24, 2.45) is 0 Å². The zero-order chi connectivity index (χ0) is 12.4. The molecule has 0 heterocycles. The van der Waals surface area contributed by atoms with Crippen LogP contribution >= 0.6 is 0 Å². The van der Waals surface area contributed by atoms with E-state index in [1.165, 1.54) is 24.3 Å². The summed E-state index contributed by atoms with van der Waals surface area (Å²) in [7, 11) is 0. The van der Waals surface area contributed by atoms with Gasteiger partial charge >= 0.3 is 12.1 Å². The third kappa shape index (κ3) is 2.59. The van der Waals surface area contributed by atoms with Gasteiger partial charge in [0.1, 0.15) is 0 Å². The van der Waals surface area contributed by atoms with Crippen molar-refractivity contribution in [3.8, 4) is 0 Å². The van der Waals surface area contributed by atoms with Gasteiger partial charge in [0.15, 0.2) is 0 Å². The van der Waals surface area contributed by atoms with Crippen LogP contribution in [0.25, 0.3) is 6.08 Å². The first-order valence-corrected chi connectivity index (χ1v) is 4.43. The molecule has 5 heteroatoms. The van der Waals surface area contributed by atoms with Crippen molar-refractivity contribution in [3.05, 3.63) is 42.0 Å². The van der Waals surface area contributed by atoms with Crippen molar-refractivity contribution in [2.45, 2.75) is 18.5 Å². The van der Waals surface area contributed by atoms with Gasteiger partial charge in [0.25, 0.3) is 0 Å².